The first-order valence-corrected chi connectivity index (χ1v) is 14.6. The topological polar surface area (TPSA) is 71.1 Å². The lowest BCUT2D eigenvalue weighted by Crippen LogP contribution is -2.54. The molecule has 0 aliphatic heterocycles. The highest BCUT2D eigenvalue weighted by atomic mass is 17.2. The molecule has 4 rings (SSSR count). The predicted octanol–water partition coefficient (Wildman–Crippen LogP) is 6.81. The van der Waals surface area contributed by atoms with Crippen LogP contribution in [0.3, 0.4) is 0 Å². The Hall–Kier alpha value is -1.40. The second-order valence-corrected chi connectivity index (χ2v) is 13.9. The molecule has 3 saturated carbocycles. The molecule has 0 amide bonds. The minimum Gasteiger partial charge on any atom is -0.469 e. The monoisotopic (exact) mass is 518 g/mol. The maximum absolute atomic E-state index is 11.9. The summed E-state index contributed by atoms with van der Waals surface area (Å²) in [4.78, 5) is 36.0. The second-order valence-electron chi connectivity index (χ2n) is 13.9. The molecule has 0 aromatic carbocycles. The number of hydrogen-bond acceptors (Lipinski definition) is 6. The van der Waals surface area contributed by atoms with Crippen LogP contribution in [-0.4, -0.2) is 36.9 Å². The summed E-state index contributed by atoms with van der Waals surface area (Å²) in [6, 6.07) is 0. The fourth-order valence-electron chi connectivity index (χ4n) is 8.74. The highest BCUT2D eigenvalue weighted by molar-refractivity contribution is 5.69. The molecule has 37 heavy (non-hydrogen) atoms. The summed E-state index contributed by atoms with van der Waals surface area (Å²) in [5, 5.41) is 0. The van der Waals surface area contributed by atoms with Gasteiger partial charge in [0.05, 0.1) is 12.7 Å². The summed E-state index contributed by atoms with van der Waals surface area (Å²) in [5.41, 5.74) is 1.23. The number of allylic oxidation sites excluding steroid dienone is 1. The van der Waals surface area contributed by atoms with Crippen molar-refractivity contribution in [2.45, 2.75) is 124 Å². The molecule has 210 valence electrons. The Bertz CT molecular complexity index is 889. The van der Waals surface area contributed by atoms with E-state index >= 15 is 0 Å². The van der Waals surface area contributed by atoms with Crippen molar-refractivity contribution in [3.63, 3.8) is 0 Å². The van der Waals surface area contributed by atoms with Gasteiger partial charge < -0.3 is 9.47 Å². The van der Waals surface area contributed by atoms with Crippen molar-refractivity contribution in [2.75, 3.05) is 7.11 Å². The summed E-state index contributed by atoms with van der Waals surface area (Å²) < 4.78 is 10.6. The van der Waals surface area contributed by atoms with Crippen molar-refractivity contribution < 1.29 is 28.8 Å². The molecule has 0 saturated heterocycles. The average molecular weight is 519 g/mol. The summed E-state index contributed by atoms with van der Waals surface area (Å²) >= 11 is 0. The molecule has 4 aliphatic rings. The van der Waals surface area contributed by atoms with Gasteiger partial charge in [0, 0.05) is 18.8 Å². The molecule has 0 aromatic rings. The van der Waals surface area contributed by atoms with Gasteiger partial charge in [-0.2, -0.15) is 0 Å². The normalized spacial score (nSPS) is 40.1. The fraction of sp³-hybridized carbons (Fsp3) is 0.871. The Morgan fingerprint density at radius 2 is 1.84 bits per heavy atom. The maximum atomic E-state index is 11.9. The van der Waals surface area contributed by atoms with Gasteiger partial charge in [-0.15, -0.1) is 0 Å². The van der Waals surface area contributed by atoms with E-state index in [0.29, 0.717) is 36.0 Å². The summed E-state index contributed by atoms with van der Waals surface area (Å²) in [6.07, 6.45) is 11.3. The Morgan fingerprint density at radius 3 is 2.49 bits per heavy atom. The van der Waals surface area contributed by atoms with Crippen LogP contribution in [-0.2, 0) is 28.8 Å². The average Bonchev–Trinajstić information content (AvgIpc) is 3.18. The van der Waals surface area contributed by atoms with Crippen molar-refractivity contribution in [2.24, 2.45) is 40.4 Å². The van der Waals surface area contributed by atoms with E-state index in [9.17, 15) is 9.59 Å². The molecule has 3 unspecified atom stereocenters. The van der Waals surface area contributed by atoms with Gasteiger partial charge >= 0.3 is 11.9 Å². The lowest BCUT2D eigenvalue weighted by atomic mass is 9.47. The molecule has 6 heteroatoms. The van der Waals surface area contributed by atoms with Crippen LogP contribution in [0.25, 0.3) is 0 Å². The lowest BCUT2D eigenvalue weighted by molar-refractivity contribution is -0.385. The highest BCUT2D eigenvalue weighted by Gasteiger charge is 2.62. The third-order valence-electron chi connectivity index (χ3n) is 10.6. The van der Waals surface area contributed by atoms with Crippen molar-refractivity contribution in [3.05, 3.63) is 11.6 Å². The standard InChI is InChI=1S/C31H50O6/c1-19(9-14-28(33)34-8)24-12-13-25-23-11-10-21-17-22(35-20(2)32)15-16-30(21,6)26(23)18-27(31(24,25)7)36-37-29(3,4)5/h18-19,21-25,27H,9-17H2,1-8H3/t19-,21-,22-,23?,24-,25?,27?,30+,31-/m1/s1. The number of ether oxygens (including phenoxy) is 2. The van der Waals surface area contributed by atoms with Crippen LogP contribution in [0.2, 0.25) is 0 Å². The van der Waals surface area contributed by atoms with Crippen molar-refractivity contribution in [1.82, 2.24) is 0 Å². The zero-order chi connectivity index (χ0) is 27.2. The molecule has 0 N–H and O–H groups in total. The molecule has 0 heterocycles. The summed E-state index contributed by atoms with van der Waals surface area (Å²) in [6.45, 7) is 14.8. The number of esters is 2. The molecular formula is C31H50O6. The van der Waals surface area contributed by atoms with Gasteiger partial charge in [0.1, 0.15) is 12.2 Å². The zero-order valence-electron chi connectivity index (χ0n) is 24.4. The molecule has 0 aromatic heterocycles. The lowest BCUT2D eigenvalue weighted by Gasteiger charge is -2.58. The Kier molecular flexibility index (Phi) is 8.22. The summed E-state index contributed by atoms with van der Waals surface area (Å²) in [7, 11) is 1.47. The van der Waals surface area contributed by atoms with E-state index in [1.165, 1.54) is 33.3 Å². The Balaban J connectivity index is 1.65. The van der Waals surface area contributed by atoms with E-state index in [1.807, 2.05) is 20.8 Å². The van der Waals surface area contributed by atoms with E-state index in [4.69, 9.17) is 19.2 Å². The van der Waals surface area contributed by atoms with Crippen LogP contribution < -0.4 is 0 Å². The minimum atomic E-state index is -0.396. The minimum absolute atomic E-state index is 0.0457. The van der Waals surface area contributed by atoms with Crippen molar-refractivity contribution in [3.8, 4) is 0 Å². The Morgan fingerprint density at radius 1 is 1.11 bits per heavy atom. The molecule has 0 radical (unpaired) electrons. The van der Waals surface area contributed by atoms with Crippen LogP contribution in [0.1, 0.15) is 106 Å². The number of fused-ring (bicyclic) bond motifs is 5. The maximum Gasteiger partial charge on any atom is 0.305 e. The number of carbonyl (C=O) groups excluding carboxylic acids is 2. The number of rotatable bonds is 7. The van der Waals surface area contributed by atoms with Crippen LogP contribution in [0.5, 0.6) is 0 Å². The summed E-state index contributed by atoms with van der Waals surface area (Å²) in [5.74, 6) is 2.18. The van der Waals surface area contributed by atoms with Crippen molar-refractivity contribution in [1.29, 1.82) is 0 Å². The number of hydrogen-bond donors (Lipinski definition) is 0. The van der Waals surface area contributed by atoms with Gasteiger partial charge in [0.15, 0.2) is 0 Å². The second kappa shape index (κ2) is 10.6. The molecule has 0 bridgehead atoms. The van der Waals surface area contributed by atoms with Crippen LogP contribution >= 0.6 is 0 Å². The van der Waals surface area contributed by atoms with Crippen LogP contribution in [0.4, 0.5) is 0 Å². The molecular weight excluding hydrogens is 468 g/mol. The Labute approximate surface area is 224 Å². The SMILES string of the molecule is COC(=O)CC[C@@H](C)[C@H]1CCC2C3CC[C@@H]4C[C@H](OC(C)=O)CC[C@]4(C)C3=CC(OOC(C)(C)C)[C@@]21C. The molecule has 3 fully saturated rings. The first-order valence-electron chi connectivity index (χ1n) is 14.6. The van der Waals surface area contributed by atoms with Gasteiger partial charge in [-0.3, -0.25) is 9.59 Å². The van der Waals surface area contributed by atoms with E-state index in [0.717, 1.165) is 32.1 Å². The third kappa shape index (κ3) is 5.52. The van der Waals surface area contributed by atoms with Crippen LogP contribution in [0.15, 0.2) is 11.6 Å². The van der Waals surface area contributed by atoms with E-state index in [2.05, 4.69) is 26.8 Å². The van der Waals surface area contributed by atoms with Crippen LogP contribution in [0, 0.1) is 40.4 Å². The van der Waals surface area contributed by atoms with Crippen molar-refractivity contribution >= 4 is 11.9 Å². The molecule has 6 nitrogen and oxygen atoms in total. The van der Waals surface area contributed by atoms with E-state index < -0.39 is 5.60 Å². The molecule has 4 aliphatic carbocycles. The van der Waals surface area contributed by atoms with E-state index in [1.54, 1.807) is 5.57 Å². The number of carbonyl (C=O) groups is 2. The molecule has 9 atom stereocenters. The van der Waals surface area contributed by atoms with Gasteiger partial charge in [-0.05, 0) is 107 Å². The predicted molar refractivity (Wildman–Crippen MR) is 142 cm³/mol. The zero-order valence-corrected chi connectivity index (χ0v) is 24.4. The molecule has 0 spiro atoms. The largest absolute Gasteiger partial charge is 0.469 e. The quantitative estimate of drug-likeness (QED) is 0.160. The third-order valence-corrected chi connectivity index (χ3v) is 10.6. The first-order chi connectivity index (χ1) is 17.3. The van der Waals surface area contributed by atoms with Gasteiger partial charge in [0.25, 0.3) is 0 Å². The first kappa shape index (κ1) is 28.6. The van der Waals surface area contributed by atoms with Gasteiger partial charge in [0.2, 0.25) is 0 Å². The van der Waals surface area contributed by atoms with E-state index in [-0.39, 0.29) is 35.0 Å². The number of methoxy groups -OCH3 is 1. The highest BCUT2D eigenvalue weighted by Crippen LogP contribution is 2.67. The van der Waals surface area contributed by atoms with Gasteiger partial charge in [-0.25, -0.2) is 9.78 Å². The smallest absolute Gasteiger partial charge is 0.305 e. The fourth-order valence-corrected chi connectivity index (χ4v) is 8.74. The van der Waals surface area contributed by atoms with Gasteiger partial charge in [-0.1, -0.05) is 32.4 Å².